The maximum Gasteiger partial charge on any atom is 0.311 e. The molecule has 1 heterocycles. The second-order valence-electron chi connectivity index (χ2n) is 5.04. The fourth-order valence-corrected chi connectivity index (χ4v) is 2.65. The average Bonchev–Trinajstić information content (AvgIpc) is 2.83. The maximum atomic E-state index is 13.7. The Kier molecular flexibility index (Phi) is 3.99. The van der Waals surface area contributed by atoms with Crippen molar-refractivity contribution in [2.75, 3.05) is 13.1 Å². The molecule has 1 amide bonds. The average molecular weight is 300 g/mol. The van der Waals surface area contributed by atoms with Crippen molar-refractivity contribution in [2.24, 2.45) is 5.41 Å². The molecule has 1 aromatic rings. The first kappa shape index (κ1) is 14.8. The second-order valence-corrected chi connectivity index (χ2v) is 5.48. The fraction of sp³-hybridized carbons (Fsp3) is 0.429. The molecule has 1 aliphatic rings. The zero-order valence-corrected chi connectivity index (χ0v) is 11.8. The first-order chi connectivity index (χ1) is 9.39. The SMILES string of the molecule is CCC1(C(=O)O)CCN(C(=O)c2ccc(Cl)cc2F)C1. The number of carboxylic acid groups (broad SMARTS) is 1. The Labute approximate surface area is 121 Å². The molecule has 1 atom stereocenters. The molecule has 1 N–H and O–H groups in total. The molecule has 108 valence electrons. The number of carbonyl (C=O) groups is 2. The van der Waals surface area contributed by atoms with Gasteiger partial charge in [-0.25, -0.2) is 4.39 Å². The van der Waals surface area contributed by atoms with Gasteiger partial charge in [0.25, 0.3) is 5.91 Å². The molecule has 0 bridgehead atoms. The first-order valence-corrected chi connectivity index (χ1v) is 6.75. The lowest BCUT2D eigenvalue weighted by Crippen LogP contribution is -2.36. The topological polar surface area (TPSA) is 57.6 Å². The van der Waals surface area contributed by atoms with Crippen molar-refractivity contribution >= 4 is 23.5 Å². The van der Waals surface area contributed by atoms with E-state index in [0.717, 1.165) is 6.07 Å². The highest BCUT2D eigenvalue weighted by molar-refractivity contribution is 6.30. The van der Waals surface area contributed by atoms with Crippen molar-refractivity contribution in [2.45, 2.75) is 19.8 Å². The Morgan fingerprint density at radius 1 is 1.50 bits per heavy atom. The number of rotatable bonds is 3. The number of benzene rings is 1. The molecule has 1 aromatic carbocycles. The highest BCUT2D eigenvalue weighted by Crippen LogP contribution is 2.35. The molecular formula is C14H15ClFNO3. The molecule has 0 aromatic heterocycles. The van der Waals surface area contributed by atoms with Gasteiger partial charge in [0, 0.05) is 18.1 Å². The molecule has 0 saturated carbocycles. The van der Waals surface area contributed by atoms with E-state index >= 15 is 0 Å². The molecule has 4 nitrogen and oxygen atoms in total. The smallest absolute Gasteiger partial charge is 0.311 e. The van der Waals surface area contributed by atoms with Gasteiger partial charge in [-0.2, -0.15) is 0 Å². The zero-order chi connectivity index (χ0) is 14.9. The zero-order valence-electron chi connectivity index (χ0n) is 11.0. The number of halogens is 2. The van der Waals surface area contributed by atoms with E-state index in [2.05, 4.69) is 0 Å². The van der Waals surface area contributed by atoms with Crippen LogP contribution in [0.1, 0.15) is 30.1 Å². The third-order valence-electron chi connectivity index (χ3n) is 3.93. The Morgan fingerprint density at radius 3 is 2.70 bits per heavy atom. The maximum absolute atomic E-state index is 13.7. The summed E-state index contributed by atoms with van der Waals surface area (Å²) in [6.07, 6.45) is 0.828. The number of carbonyl (C=O) groups excluding carboxylic acids is 1. The van der Waals surface area contributed by atoms with Gasteiger partial charge in [0.2, 0.25) is 0 Å². The highest BCUT2D eigenvalue weighted by atomic mass is 35.5. The van der Waals surface area contributed by atoms with Crippen LogP contribution < -0.4 is 0 Å². The van der Waals surface area contributed by atoms with Crippen molar-refractivity contribution in [1.29, 1.82) is 0 Å². The summed E-state index contributed by atoms with van der Waals surface area (Å²) >= 11 is 5.65. The first-order valence-electron chi connectivity index (χ1n) is 6.37. The Hall–Kier alpha value is -1.62. The van der Waals surface area contributed by atoms with E-state index in [9.17, 15) is 19.1 Å². The lowest BCUT2D eigenvalue weighted by atomic mass is 9.84. The predicted octanol–water partition coefficient (Wildman–Crippen LogP) is 2.81. The lowest BCUT2D eigenvalue weighted by Gasteiger charge is -2.23. The molecule has 6 heteroatoms. The van der Waals surface area contributed by atoms with Gasteiger partial charge in [0.15, 0.2) is 0 Å². The third kappa shape index (κ3) is 2.50. The van der Waals surface area contributed by atoms with E-state index in [1.54, 1.807) is 6.92 Å². The summed E-state index contributed by atoms with van der Waals surface area (Å²) in [5.74, 6) is -2.09. The monoisotopic (exact) mass is 299 g/mol. The minimum absolute atomic E-state index is 0.0771. The molecule has 1 fully saturated rings. The van der Waals surface area contributed by atoms with E-state index in [-0.39, 0.29) is 17.1 Å². The highest BCUT2D eigenvalue weighted by Gasteiger charge is 2.45. The van der Waals surface area contributed by atoms with Crippen molar-refractivity contribution in [1.82, 2.24) is 4.90 Å². The van der Waals surface area contributed by atoms with Gasteiger partial charge in [0.1, 0.15) is 5.82 Å². The normalized spacial score (nSPS) is 22.1. The summed E-state index contributed by atoms with van der Waals surface area (Å²) in [4.78, 5) is 25.0. The van der Waals surface area contributed by atoms with Crippen LogP contribution >= 0.6 is 11.6 Å². The number of hydrogen-bond donors (Lipinski definition) is 1. The van der Waals surface area contributed by atoms with E-state index in [1.807, 2.05) is 0 Å². The standard InChI is InChI=1S/C14H15ClFNO3/c1-2-14(13(19)20)5-6-17(8-14)12(18)10-4-3-9(15)7-11(10)16/h3-4,7H,2,5-6,8H2,1H3,(H,19,20). The quantitative estimate of drug-likeness (QED) is 0.933. The molecule has 2 rings (SSSR count). The van der Waals surface area contributed by atoms with Gasteiger partial charge >= 0.3 is 5.97 Å². The van der Waals surface area contributed by atoms with Gasteiger partial charge < -0.3 is 10.0 Å². The fourth-order valence-electron chi connectivity index (χ4n) is 2.49. The van der Waals surface area contributed by atoms with E-state index < -0.39 is 23.1 Å². The van der Waals surface area contributed by atoms with Crippen molar-refractivity contribution in [3.05, 3.63) is 34.6 Å². The number of amides is 1. The van der Waals surface area contributed by atoms with E-state index in [0.29, 0.717) is 19.4 Å². The van der Waals surface area contributed by atoms with E-state index in [1.165, 1.54) is 17.0 Å². The minimum atomic E-state index is -0.918. The molecule has 20 heavy (non-hydrogen) atoms. The van der Waals surface area contributed by atoms with Crippen molar-refractivity contribution < 1.29 is 19.1 Å². The molecule has 1 aliphatic heterocycles. The van der Waals surface area contributed by atoms with Crippen LogP contribution in [0.2, 0.25) is 5.02 Å². The third-order valence-corrected chi connectivity index (χ3v) is 4.17. The minimum Gasteiger partial charge on any atom is -0.481 e. The van der Waals surface area contributed by atoms with Crippen LogP contribution in [0.25, 0.3) is 0 Å². The largest absolute Gasteiger partial charge is 0.481 e. The Bertz CT molecular complexity index is 563. The molecule has 0 radical (unpaired) electrons. The van der Waals surface area contributed by atoms with Gasteiger partial charge in [-0.1, -0.05) is 18.5 Å². The molecule has 0 spiro atoms. The van der Waals surface area contributed by atoms with Crippen molar-refractivity contribution in [3.8, 4) is 0 Å². The van der Waals surface area contributed by atoms with Gasteiger partial charge in [-0.15, -0.1) is 0 Å². The number of nitrogens with zero attached hydrogens (tertiary/aromatic N) is 1. The van der Waals surface area contributed by atoms with Gasteiger partial charge in [-0.05, 0) is 31.0 Å². The van der Waals surface area contributed by atoms with Crippen LogP contribution in [0, 0.1) is 11.2 Å². The van der Waals surface area contributed by atoms with Crippen molar-refractivity contribution in [3.63, 3.8) is 0 Å². The number of likely N-dealkylation sites (tertiary alicyclic amines) is 1. The summed E-state index contributed by atoms with van der Waals surface area (Å²) in [5.41, 5.74) is -0.995. The number of aliphatic carboxylic acids is 1. The van der Waals surface area contributed by atoms with Crippen LogP contribution in [0.3, 0.4) is 0 Å². The van der Waals surface area contributed by atoms with Crippen LogP contribution in [-0.2, 0) is 4.79 Å². The lowest BCUT2D eigenvalue weighted by molar-refractivity contribution is -0.148. The summed E-state index contributed by atoms with van der Waals surface area (Å²) in [5, 5.41) is 9.51. The van der Waals surface area contributed by atoms with Crippen LogP contribution in [-0.4, -0.2) is 35.0 Å². The van der Waals surface area contributed by atoms with Crippen LogP contribution in [0.15, 0.2) is 18.2 Å². The summed E-state index contributed by atoms with van der Waals surface area (Å²) in [7, 11) is 0. The number of carboxylic acids is 1. The summed E-state index contributed by atoms with van der Waals surface area (Å²) in [6, 6.07) is 3.85. The Morgan fingerprint density at radius 2 is 2.20 bits per heavy atom. The van der Waals surface area contributed by atoms with Crippen LogP contribution in [0.5, 0.6) is 0 Å². The molecule has 1 unspecified atom stereocenters. The predicted molar refractivity (Wildman–Crippen MR) is 72.3 cm³/mol. The van der Waals surface area contributed by atoms with Crippen LogP contribution in [0.4, 0.5) is 4.39 Å². The van der Waals surface area contributed by atoms with Gasteiger partial charge in [0.05, 0.1) is 11.0 Å². The number of hydrogen-bond acceptors (Lipinski definition) is 2. The summed E-state index contributed by atoms with van der Waals surface area (Å²) < 4.78 is 13.7. The van der Waals surface area contributed by atoms with E-state index in [4.69, 9.17) is 11.6 Å². The molecule has 1 saturated heterocycles. The second kappa shape index (κ2) is 5.40. The Balaban J connectivity index is 2.21. The molecular weight excluding hydrogens is 285 g/mol. The summed E-state index contributed by atoms with van der Waals surface area (Å²) in [6.45, 7) is 2.21. The van der Waals surface area contributed by atoms with Gasteiger partial charge in [-0.3, -0.25) is 9.59 Å². The molecule has 0 aliphatic carbocycles.